The SMILES string of the molecule is Cc1ccc(N2C[C@@H](NC(=O)NCCCN3CCCC3)CC2=O)cc1C. The number of urea groups is 1. The summed E-state index contributed by atoms with van der Waals surface area (Å²) in [5, 5.41) is 5.85. The molecule has 2 saturated heterocycles. The van der Waals surface area contributed by atoms with E-state index in [4.69, 9.17) is 0 Å². The lowest BCUT2D eigenvalue weighted by molar-refractivity contribution is -0.117. The van der Waals surface area contributed by atoms with Gasteiger partial charge >= 0.3 is 6.03 Å². The Morgan fingerprint density at radius 1 is 1.19 bits per heavy atom. The lowest BCUT2D eigenvalue weighted by Gasteiger charge is -2.19. The van der Waals surface area contributed by atoms with Gasteiger partial charge in [0.15, 0.2) is 0 Å². The summed E-state index contributed by atoms with van der Waals surface area (Å²) >= 11 is 0. The van der Waals surface area contributed by atoms with Crippen LogP contribution in [0.5, 0.6) is 0 Å². The first-order chi connectivity index (χ1) is 12.5. The van der Waals surface area contributed by atoms with Crippen LogP contribution in [0.15, 0.2) is 18.2 Å². The molecule has 6 heteroatoms. The molecule has 142 valence electrons. The second-order valence-electron chi connectivity index (χ2n) is 7.48. The highest BCUT2D eigenvalue weighted by atomic mass is 16.2. The molecule has 0 aromatic heterocycles. The van der Waals surface area contributed by atoms with Gasteiger partial charge in [0.05, 0.1) is 6.04 Å². The highest BCUT2D eigenvalue weighted by Crippen LogP contribution is 2.24. The molecule has 2 N–H and O–H groups in total. The largest absolute Gasteiger partial charge is 0.338 e. The van der Waals surface area contributed by atoms with Gasteiger partial charge in [0.25, 0.3) is 0 Å². The van der Waals surface area contributed by atoms with Crippen molar-refractivity contribution in [1.29, 1.82) is 0 Å². The molecule has 0 bridgehead atoms. The molecule has 0 aliphatic carbocycles. The maximum absolute atomic E-state index is 12.3. The fraction of sp³-hybridized carbons (Fsp3) is 0.600. The van der Waals surface area contributed by atoms with E-state index in [-0.39, 0.29) is 18.0 Å². The van der Waals surface area contributed by atoms with E-state index >= 15 is 0 Å². The number of carbonyl (C=O) groups is 2. The van der Waals surface area contributed by atoms with Crippen LogP contribution >= 0.6 is 0 Å². The van der Waals surface area contributed by atoms with Crippen LogP contribution in [0.2, 0.25) is 0 Å². The van der Waals surface area contributed by atoms with E-state index in [0.29, 0.717) is 19.5 Å². The molecule has 3 amide bonds. The van der Waals surface area contributed by atoms with Gasteiger partial charge in [-0.15, -0.1) is 0 Å². The molecule has 2 heterocycles. The number of carbonyl (C=O) groups excluding carboxylic acids is 2. The first-order valence-corrected chi connectivity index (χ1v) is 9.67. The van der Waals surface area contributed by atoms with Gasteiger partial charge in [-0.05, 0) is 76.0 Å². The van der Waals surface area contributed by atoms with Gasteiger partial charge < -0.3 is 20.4 Å². The van der Waals surface area contributed by atoms with Crippen LogP contribution in [0.25, 0.3) is 0 Å². The zero-order valence-corrected chi connectivity index (χ0v) is 15.9. The summed E-state index contributed by atoms with van der Waals surface area (Å²) in [5.74, 6) is 0.0626. The van der Waals surface area contributed by atoms with Crippen molar-refractivity contribution in [3.8, 4) is 0 Å². The van der Waals surface area contributed by atoms with Gasteiger partial charge in [-0.25, -0.2) is 4.79 Å². The second-order valence-corrected chi connectivity index (χ2v) is 7.48. The van der Waals surface area contributed by atoms with Crippen LogP contribution in [-0.4, -0.2) is 55.6 Å². The molecule has 26 heavy (non-hydrogen) atoms. The molecule has 0 unspecified atom stereocenters. The number of anilines is 1. The van der Waals surface area contributed by atoms with E-state index in [0.717, 1.165) is 18.7 Å². The van der Waals surface area contributed by atoms with E-state index in [2.05, 4.69) is 22.5 Å². The number of amides is 3. The Hall–Kier alpha value is -2.08. The highest BCUT2D eigenvalue weighted by Gasteiger charge is 2.31. The van der Waals surface area contributed by atoms with E-state index in [1.807, 2.05) is 25.1 Å². The van der Waals surface area contributed by atoms with Gasteiger partial charge in [0.1, 0.15) is 0 Å². The second kappa shape index (κ2) is 8.54. The number of hydrogen-bond acceptors (Lipinski definition) is 3. The average molecular weight is 358 g/mol. The molecule has 2 aliphatic heterocycles. The van der Waals surface area contributed by atoms with Crippen molar-refractivity contribution in [3.05, 3.63) is 29.3 Å². The monoisotopic (exact) mass is 358 g/mol. The number of rotatable bonds is 6. The van der Waals surface area contributed by atoms with Crippen LogP contribution in [0.1, 0.15) is 36.8 Å². The Labute approximate surface area is 155 Å². The standard InChI is InChI=1S/C20H30N4O2/c1-15-6-7-18(12-16(15)2)24-14-17(13-19(24)25)22-20(26)21-8-5-11-23-9-3-4-10-23/h6-7,12,17H,3-5,8-11,13-14H2,1-2H3,(H2,21,22,26)/t17-/m0/s1. The number of benzene rings is 1. The topological polar surface area (TPSA) is 64.7 Å². The normalized spacial score (nSPS) is 20.6. The molecule has 3 rings (SSSR count). The molecule has 2 fully saturated rings. The van der Waals surface area contributed by atoms with E-state index < -0.39 is 0 Å². The summed E-state index contributed by atoms with van der Waals surface area (Å²) in [5.41, 5.74) is 3.29. The molecule has 1 aromatic rings. The summed E-state index contributed by atoms with van der Waals surface area (Å²) in [6, 6.07) is 5.73. The summed E-state index contributed by atoms with van der Waals surface area (Å²) < 4.78 is 0. The highest BCUT2D eigenvalue weighted by molar-refractivity contribution is 5.96. The molecular formula is C20H30N4O2. The van der Waals surface area contributed by atoms with Crippen molar-refractivity contribution in [2.24, 2.45) is 0 Å². The first kappa shape index (κ1) is 18.7. The molecule has 0 radical (unpaired) electrons. The zero-order valence-electron chi connectivity index (χ0n) is 15.9. The quantitative estimate of drug-likeness (QED) is 0.766. The van der Waals surface area contributed by atoms with Gasteiger partial charge in [0.2, 0.25) is 5.91 Å². The molecule has 6 nitrogen and oxygen atoms in total. The Kier molecular flexibility index (Phi) is 6.14. The van der Waals surface area contributed by atoms with Crippen molar-refractivity contribution in [1.82, 2.24) is 15.5 Å². The Bertz CT molecular complexity index is 655. The number of nitrogens with one attached hydrogen (secondary N) is 2. The van der Waals surface area contributed by atoms with Crippen LogP contribution in [0, 0.1) is 13.8 Å². The van der Waals surface area contributed by atoms with Crippen molar-refractivity contribution >= 4 is 17.6 Å². The van der Waals surface area contributed by atoms with Crippen molar-refractivity contribution in [2.75, 3.05) is 37.6 Å². The number of nitrogens with zero attached hydrogens (tertiary/aromatic N) is 2. The predicted molar refractivity (Wildman–Crippen MR) is 103 cm³/mol. The molecule has 0 saturated carbocycles. The number of hydrogen-bond donors (Lipinski definition) is 2. The summed E-state index contributed by atoms with van der Waals surface area (Å²) in [7, 11) is 0. The maximum atomic E-state index is 12.3. The fourth-order valence-electron chi connectivity index (χ4n) is 3.69. The van der Waals surface area contributed by atoms with Gasteiger partial charge in [-0.1, -0.05) is 6.07 Å². The van der Waals surface area contributed by atoms with E-state index in [1.165, 1.54) is 37.1 Å². The lowest BCUT2D eigenvalue weighted by atomic mass is 10.1. The summed E-state index contributed by atoms with van der Waals surface area (Å²) in [6.07, 6.45) is 3.90. The van der Waals surface area contributed by atoms with Gasteiger partial charge in [-0.2, -0.15) is 0 Å². The summed E-state index contributed by atoms with van der Waals surface area (Å²) in [6.45, 7) is 8.72. The fourth-order valence-corrected chi connectivity index (χ4v) is 3.69. The molecule has 0 spiro atoms. The van der Waals surface area contributed by atoms with Crippen molar-refractivity contribution in [3.63, 3.8) is 0 Å². The Morgan fingerprint density at radius 3 is 2.69 bits per heavy atom. The smallest absolute Gasteiger partial charge is 0.315 e. The minimum atomic E-state index is -0.175. The lowest BCUT2D eigenvalue weighted by Crippen LogP contribution is -2.44. The zero-order chi connectivity index (χ0) is 18.5. The third kappa shape index (κ3) is 4.75. The molecule has 2 aliphatic rings. The van der Waals surface area contributed by atoms with Crippen molar-refractivity contribution in [2.45, 2.75) is 45.6 Å². The minimum absolute atomic E-state index is 0.0626. The predicted octanol–water partition coefficient (Wildman–Crippen LogP) is 2.19. The molecule has 1 atom stereocenters. The van der Waals surface area contributed by atoms with Crippen LogP contribution < -0.4 is 15.5 Å². The first-order valence-electron chi connectivity index (χ1n) is 9.67. The minimum Gasteiger partial charge on any atom is -0.338 e. The van der Waals surface area contributed by atoms with Gasteiger partial charge in [-0.3, -0.25) is 4.79 Å². The summed E-state index contributed by atoms with van der Waals surface area (Å²) in [4.78, 5) is 28.6. The third-order valence-electron chi connectivity index (χ3n) is 5.40. The Morgan fingerprint density at radius 2 is 1.96 bits per heavy atom. The van der Waals surface area contributed by atoms with Crippen LogP contribution in [0.3, 0.4) is 0 Å². The van der Waals surface area contributed by atoms with Crippen LogP contribution in [0.4, 0.5) is 10.5 Å². The number of likely N-dealkylation sites (tertiary alicyclic amines) is 1. The van der Waals surface area contributed by atoms with Crippen LogP contribution in [-0.2, 0) is 4.79 Å². The average Bonchev–Trinajstić information content (AvgIpc) is 3.24. The van der Waals surface area contributed by atoms with Crippen molar-refractivity contribution < 1.29 is 9.59 Å². The van der Waals surface area contributed by atoms with E-state index in [9.17, 15) is 9.59 Å². The molecule has 1 aromatic carbocycles. The third-order valence-corrected chi connectivity index (χ3v) is 5.40. The maximum Gasteiger partial charge on any atom is 0.315 e. The van der Waals surface area contributed by atoms with E-state index in [1.54, 1.807) is 4.90 Å². The Balaban J connectivity index is 1.41. The van der Waals surface area contributed by atoms with Gasteiger partial charge in [0, 0.05) is 25.2 Å². The molecular weight excluding hydrogens is 328 g/mol. The number of aryl methyl sites for hydroxylation is 2.